The van der Waals surface area contributed by atoms with Crippen LogP contribution < -0.4 is 4.90 Å². The van der Waals surface area contributed by atoms with Gasteiger partial charge in [0.25, 0.3) is 0 Å². The third-order valence-electron chi connectivity index (χ3n) is 7.16. The molecule has 1 saturated heterocycles. The fourth-order valence-electron chi connectivity index (χ4n) is 5.22. The number of ether oxygens (including phenoxy) is 1. The normalized spacial score (nSPS) is 16.6. The molecule has 190 valence electrons. The van der Waals surface area contributed by atoms with Crippen molar-refractivity contribution < 1.29 is 13.2 Å². The van der Waals surface area contributed by atoms with E-state index in [4.69, 9.17) is 14.7 Å². The van der Waals surface area contributed by atoms with E-state index >= 15 is 0 Å². The summed E-state index contributed by atoms with van der Waals surface area (Å²) in [6.45, 7) is 5.46. The van der Waals surface area contributed by atoms with Crippen molar-refractivity contribution >= 4 is 26.6 Å². The number of hydrogen-bond acceptors (Lipinski definition) is 6. The molecule has 4 aromatic rings. The first kappa shape index (κ1) is 24.0. The Kier molecular flexibility index (Phi) is 6.40. The fourth-order valence-corrected chi connectivity index (χ4v) is 6.67. The zero-order valence-electron chi connectivity index (χ0n) is 20.9. The molecule has 0 bridgehead atoms. The van der Waals surface area contributed by atoms with Gasteiger partial charge in [0.15, 0.2) is 0 Å². The maximum absolute atomic E-state index is 13.7. The minimum absolute atomic E-state index is 0.266. The van der Waals surface area contributed by atoms with Crippen LogP contribution in [0.15, 0.2) is 71.6 Å². The predicted molar refractivity (Wildman–Crippen MR) is 144 cm³/mol. The number of nitrogens with zero attached hydrogens (tertiary/aromatic N) is 4. The number of anilines is 1. The summed E-state index contributed by atoms with van der Waals surface area (Å²) in [6.07, 6.45) is 1.20. The SMILES string of the molecule is Cc1cccc(Cc2nc3c(c(N4CCOCC4)n2)CN(S(=O)(=O)c2ccc4ccccc4c2)CC3)c1. The summed E-state index contributed by atoms with van der Waals surface area (Å²) in [4.78, 5) is 12.5. The van der Waals surface area contributed by atoms with Crippen LogP contribution in [0.25, 0.3) is 10.8 Å². The molecule has 0 saturated carbocycles. The first-order valence-corrected chi connectivity index (χ1v) is 14.2. The highest BCUT2D eigenvalue weighted by molar-refractivity contribution is 7.89. The van der Waals surface area contributed by atoms with Crippen molar-refractivity contribution in [1.82, 2.24) is 14.3 Å². The Balaban J connectivity index is 1.35. The Morgan fingerprint density at radius 3 is 2.51 bits per heavy atom. The minimum Gasteiger partial charge on any atom is -0.378 e. The lowest BCUT2D eigenvalue weighted by atomic mass is 10.1. The second-order valence-corrected chi connectivity index (χ2v) is 11.7. The van der Waals surface area contributed by atoms with Gasteiger partial charge < -0.3 is 9.64 Å². The Morgan fingerprint density at radius 2 is 1.70 bits per heavy atom. The van der Waals surface area contributed by atoms with Gasteiger partial charge in [-0.3, -0.25) is 0 Å². The topological polar surface area (TPSA) is 75.6 Å². The zero-order valence-corrected chi connectivity index (χ0v) is 21.7. The highest BCUT2D eigenvalue weighted by atomic mass is 32.2. The number of hydrogen-bond donors (Lipinski definition) is 0. The van der Waals surface area contributed by atoms with Crippen molar-refractivity contribution in [2.75, 3.05) is 37.7 Å². The van der Waals surface area contributed by atoms with E-state index in [1.165, 1.54) is 11.1 Å². The molecule has 3 heterocycles. The summed E-state index contributed by atoms with van der Waals surface area (Å²) in [7, 11) is -3.67. The van der Waals surface area contributed by atoms with Gasteiger partial charge in [0.1, 0.15) is 11.6 Å². The van der Waals surface area contributed by atoms with E-state index in [0.29, 0.717) is 37.5 Å². The molecule has 0 atom stereocenters. The lowest BCUT2D eigenvalue weighted by Gasteiger charge is -2.34. The molecule has 2 aliphatic heterocycles. The Labute approximate surface area is 217 Å². The molecular formula is C29H30N4O3S. The number of aromatic nitrogens is 2. The molecule has 7 nitrogen and oxygen atoms in total. The van der Waals surface area contributed by atoms with Gasteiger partial charge in [-0.15, -0.1) is 0 Å². The predicted octanol–water partition coefficient (Wildman–Crippen LogP) is 4.11. The molecule has 37 heavy (non-hydrogen) atoms. The molecule has 1 fully saturated rings. The molecular weight excluding hydrogens is 484 g/mol. The van der Waals surface area contributed by atoms with Crippen molar-refractivity contribution in [3.05, 3.63) is 94.9 Å². The molecule has 0 aliphatic carbocycles. The summed E-state index contributed by atoms with van der Waals surface area (Å²) in [5.41, 5.74) is 4.23. The molecule has 0 unspecified atom stereocenters. The number of fused-ring (bicyclic) bond motifs is 2. The second kappa shape index (κ2) is 9.85. The van der Waals surface area contributed by atoms with Crippen LogP contribution in [0, 0.1) is 6.92 Å². The van der Waals surface area contributed by atoms with Gasteiger partial charge in [0.2, 0.25) is 10.0 Å². The van der Waals surface area contributed by atoms with Gasteiger partial charge in [0, 0.05) is 44.6 Å². The Hall–Kier alpha value is -3.33. The van der Waals surface area contributed by atoms with Crippen LogP contribution >= 0.6 is 0 Å². The van der Waals surface area contributed by atoms with Crippen LogP contribution in [0.5, 0.6) is 0 Å². The summed E-state index contributed by atoms with van der Waals surface area (Å²) >= 11 is 0. The van der Waals surface area contributed by atoms with Crippen molar-refractivity contribution in [2.24, 2.45) is 0 Å². The maximum atomic E-state index is 13.7. The molecule has 0 N–H and O–H groups in total. The van der Waals surface area contributed by atoms with E-state index in [9.17, 15) is 8.42 Å². The average molecular weight is 515 g/mol. The largest absolute Gasteiger partial charge is 0.378 e. The Morgan fingerprint density at radius 1 is 0.892 bits per heavy atom. The van der Waals surface area contributed by atoms with Gasteiger partial charge >= 0.3 is 0 Å². The lowest BCUT2D eigenvalue weighted by molar-refractivity contribution is 0.122. The van der Waals surface area contributed by atoms with Crippen molar-refractivity contribution in [3.8, 4) is 0 Å². The average Bonchev–Trinajstić information content (AvgIpc) is 2.92. The van der Waals surface area contributed by atoms with Crippen LogP contribution in [-0.4, -0.2) is 55.5 Å². The molecule has 0 radical (unpaired) electrons. The van der Waals surface area contributed by atoms with Crippen molar-refractivity contribution in [3.63, 3.8) is 0 Å². The molecule has 0 amide bonds. The summed E-state index contributed by atoms with van der Waals surface area (Å²) in [5, 5.41) is 1.94. The smallest absolute Gasteiger partial charge is 0.243 e. The number of aryl methyl sites for hydroxylation is 1. The number of morpholine rings is 1. The molecule has 6 rings (SSSR count). The van der Waals surface area contributed by atoms with E-state index in [0.717, 1.165) is 46.8 Å². The van der Waals surface area contributed by atoms with Crippen LogP contribution in [0.2, 0.25) is 0 Å². The summed E-state index contributed by atoms with van der Waals surface area (Å²) < 4.78 is 34.6. The minimum atomic E-state index is -3.67. The molecule has 3 aromatic carbocycles. The van der Waals surface area contributed by atoms with Gasteiger partial charge in [-0.05, 0) is 35.4 Å². The highest BCUT2D eigenvalue weighted by Gasteiger charge is 2.33. The van der Waals surface area contributed by atoms with Gasteiger partial charge in [-0.25, -0.2) is 18.4 Å². The molecule has 2 aliphatic rings. The van der Waals surface area contributed by atoms with E-state index in [1.54, 1.807) is 16.4 Å². The molecule has 0 spiro atoms. The van der Waals surface area contributed by atoms with Gasteiger partial charge in [0.05, 0.1) is 23.8 Å². The fraction of sp³-hybridized carbons (Fsp3) is 0.310. The first-order valence-electron chi connectivity index (χ1n) is 12.7. The second-order valence-electron chi connectivity index (χ2n) is 9.75. The van der Waals surface area contributed by atoms with Crippen molar-refractivity contribution in [2.45, 2.75) is 31.2 Å². The van der Waals surface area contributed by atoms with E-state index in [1.807, 2.05) is 30.3 Å². The number of rotatable bonds is 5. The zero-order chi connectivity index (χ0) is 25.4. The highest BCUT2D eigenvalue weighted by Crippen LogP contribution is 2.31. The number of sulfonamides is 1. The lowest BCUT2D eigenvalue weighted by Crippen LogP contribution is -2.41. The maximum Gasteiger partial charge on any atom is 0.243 e. The quantitative estimate of drug-likeness (QED) is 0.399. The van der Waals surface area contributed by atoms with Gasteiger partial charge in [-0.2, -0.15) is 4.31 Å². The monoisotopic (exact) mass is 514 g/mol. The van der Waals surface area contributed by atoms with E-state index < -0.39 is 10.0 Å². The molecule has 8 heteroatoms. The Bertz CT molecular complexity index is 1560. The van der Waals surface area contributed by atoms with Gasteiger partial charge in [-0.1, -0.05) is 60.2 Å². The third kappa shape index (κ3) is 4.84. The van der Waals surface area contributed by atoms with E-state index in [-0.39, 0.29) is 6.54 Å². The van der Waals surface area contributed by atoms with Crippen molar-refractivity contribution in [1.29, 1.82) is 0 Å². The first-order chi connectivity index (χ1) is 18.0. The van der Waals surface area contributed by atoms with E-state index in [2.05, 4.69) is 36.1 Å². The number of benzene rings is 3. The summed E-state index contributed by atoms with van der Waals surface area (Å²) in [5.74, 6) is 1.62. The van der Waals surface area contributed by atoms with Crippen LogP contribution in [0.3, 0.4) is 0 Å². The van der Waals surface area contributed by atoms with Crippen LogP contribution in [0.4, 0.5) is 5.82 Å². The van der Waals surface area contributed by atoms with Crippen LogP contribution in [0.1, 0.15) is 28.2 Å². The van der Waals surface area contributed by atoms with Crippen LogP contribution in [-0.2, 0) is 34.1 Å². The third-order valence-corrected chi connectivity index (χ3v) is 9.00. The standard InChI is InChI=1S/C29H30N4O3S/c1-21-5-4-6-22(17-21)18-28-30-27-11-12-33(20-26(27)29(31-28)32-13-15-36-16-14-32)37(34,35)25-10-9-23-7-2-3-8-24(23)19-25/h2-10,17,19H,11-16,18,20H2,1H3. The summed E-state index contributed by atoms with van der Waals surface area (Å²) in [6, 6.07) is 21.6. The molecule has 1 aromatic heterocycles.